The van der Waals surface area contributed by atoms with Crippen LogP contribution in [0.15, 0.2) is 60.4 Å². The van der Waals surface area contributed by atoms with Crippen LogP contribution in [0.2, 0.25) is 0 Å². The van der Waals surface area contributed by atoms with E-state index in [2.05, 4.69) is 36.6 Å². The number of carbonyl (C=O) groups excluding carboxylic acids is 1. The van der Waals surface area contributed by atoms with Gasteiger partial charge in [0.25, 0.3) is 0 Å². The predicted octanol–water partition coefficient (Wildman–Crippen LogP) is 6.17. The average Bonchev–Trinajstić information content (AvgIpc) is 3.70. The highest BCUT2D eigenvalue weighted by molar-refractivity contribution is 7.09. The number of alkyl halides is 1. The topological polar surface area (TPSA) is 90.5 Å². The van der Waals surface area contributed by atoms with Gasteiger partial charge >= 0.3 is 0 Å². The minimum Gasteiger partial charge on any atom is -0.356 e. The van der Waals surface area contributed by atoms with Crippen LogP contribution < -0.4 is 5.32 Å². The molecule has 1 N–H and O–H groups in total. The number of fused-ring (bicyclic) bond motifs is 1. The van der Waals surface area contributed by atoms with E-state index in [1.807, 2.05) is 43.7 Å². The molecule has 0 saturated heterocycles. The average molecular weight is 568 g/mol. The lowest BCUT2D eigenvalue weighted by Gasteiger charge is -2.31. The molecule has 5 aromatic rings. The number of benzene rings is 1. The van der Waals surface area contributed by atoms with Gasteiger partial charge in [-0.05, 0) is 56.9 Å². The van der Waals surface area contributed by atoms with Crippen LogP contribution in [0.4, 0.5) is 4.39 Å². The molecule has 1 aliphatic rings. The summed E-state index contributed by atoms with van der Waals surface area (Å²) < 4.78 is 18.6. The van der Waals surface area contributed by atoms with Crippen molar-refractivity contribution in [2.75, 3.05) is 6.38 Å². The first kappa shape index (κ1) is 28.4. The van der Waals surface area contributed by atoms with Crippen molar-refractivity contribution in [1.82, 2.24) is 34.6 Å². The first-order valence-corrected chi connectivity index (χ1v) is 14.2. The highest BCUT2D eigenvalue weighted by Gasteiger charge is 2.28. The molecule has 1 amide bonds. The van der Waals surface area contributed by atoms with Crippen molar-refractivity contribution in [2.45, 2.75) is 44.7 Å². The number of aryl methyl sites for hydroxylation is 2. The van der Waals surface area contributed by atoms with E-state index in [9.17, 15) is 9.18 Å². The summed E-state index contributed by atoms with van der Waals surface area (Å²) in [5.74, 6) is 0.278. The SMILES string of the molecule is CCl.Cc1nccs1.Cn1ccc(-c2cc3c(cn2)nc(-c2ccccc2F)n3C2CCCC(NC=O)C2)n1. The molecule has 2 unspecified atom stereocenters. The molecule has 4 aromatic heterocycles. The minimum atomic E-state index is -0.310. The Morgan fingerprint density at radius 1 is 1.15 bits per heavy atom. The molecule has 0 radical (unpaired) electrons. The molecule has 0 bridgehead atoms. The second kappa shape index (κ2) is 13.4. The summed E-state index contributed by atoms with van der Waals surface area (Å²) in [4.78, 5) is 24.3. The van der Waals surface area contributed by atoms with Crippen LogP contribution in [0.1, 0.15) is 36.7 Å². The summed E-state index contributed by atoms with van der Waals surface area (Å²) in [6.45, 7) is 1.99. The lowest BCUT2D eigenvalue weighted by atomic mass is 9.90. The maximum absolute atomic E-state index is 14.8. The zero-order chi connectivity index (χ0) is 27.8. The van der Waals surface area contributed by atoms with Crippen molar-refractivity contribution < 1.29 is 9.18 Å². The fraction of sp³-hybridized carbons (Fsp3) is 0.321. The Morgan fingerprint density at radius 3 is 2.62 bits per heavy atom. The van der Waals surface area contributed by atoms with Gasteiger partial charge in [0.2, 0.25) is 6.41 Å². The molecule has 1 saturated carbocycles. The molecule has 1 aliphatic carbocycles. The molecule has 2 atom stereocenters. The fourth-order valence-electron chi connectivity index (χ4n) is 4.83. The third-order valence-electron chi connectivity index (χ3n) is 6.54. The maximum Gasteiger partial charge on any atom is 0.207 e. The third-order valence-corrected chi connectivity index (χ3v) is 7.24. The van der Waals surface area contributed by atoms with Crippen molar-refractivity contribution >= 4 is 40.4 Å². The van der Waals surface area contributed by atoms with Gasteiger partial charge in [0.15, 0.2) is 0 Å². The van der Waals surface area contributed by atoms with Crippen LogP contribution in [-0.2, 0) is 11.8 Å². The molecule has 0 spiro atoms. The number of amides is 1. The van der Waals surface area contributed by atoms with Gasteiger partial charge in [-0.15, -0.1) is 22.9 Å². The standard InChI is InChI=1S/C23H23FN6O.C4H5NS.CH3Cl/c1-29-10-9-19(28-29)20-12-22-21(13-25-20)27-23(17-7-2-3-8-18(17)24)30(22)16-6-4-5-15(11-16)26-14-31;1-4-5-2-3-6-4;1-2/h2-3,7-10,12-16H,4-6,11H2,1H3,(H,26,31);2-3H,1H3;1H3. The molecule has 6 rings (SSSR count). The van der Waals surface area contributed by atoms with Gasteiger partial charge in [-0.1, -0.05) is 12.1 Å². The summed E-state index contributed by atoms with van der Waals surface area (Å²) >= 11 is 6.31. The highest BCUT2D eigenvalue weighted by Crippen LogP contribution is 2.37. The lowest BCUT2D eigenvalue weighted by Crippen LogP contribution is -2.34. The zero-order valence-electron chi connectivity index (χ0n) is 22.1. The molecule has 11 heteroatoms. The van der Waals surface area contributed by atoms with E-state index in [1.165, 1.54) is 12.4 Å². The number of nitrogens with zero attached hydrogens (tertiary/aromatic N) is 6. The van der Waals surface area contributed by atoms with Crippen LogP contribution in [0.5, 0.6) is 0 Å². The predicted molar refractivity (Wildman–Crippen MR) is 154 cm³/mol. The summed E-state index contributed by atoms with van der Waals surface area (Å²) in [5, 5.41) is 10.5. The van der Waals surface area contributed by atoms with Crippen LogP contribution in [0, 0.1) is 12.7 Å². The van der Waals surface area contributed by atoms with Gasteiger partial charge in [-0.25, -0.2) is 9.37 Å². The van der Waals surface area contributed by atoms with Crippen LogP contribution in [0.25, 0.3) is 33.8 Å². The van der Waals surface area contributed by atoms with E-state index in [1.54, 1.807) is 40.5 Å². The number of hydrogen-bond acceptors (Lipinski definition) is 6. The summed E-state index contributed by atoms with van der Waals surface area (Å²) in [7, 11) is 1.87. The van der Waals surface area contributed by atoms with E-state index in [-0.39, 0.29) is 17.9 Å². The Hall–Kier alpha value is -3.63. The van der Waals surface area contributed by atoms with Gasteiger partial charge < -0.3 is 9.88 Å². The van der Waals surface area contributed by atoms with E-state index in [0.29, 0.717) is 16.9 Å². The number of imidazole rings is 1. The fourth-order valence-corrected chi connectivity index (χ4v) is 5.27. The number of aromatic nitrogens is 6. The molecule has 4 heterocycles. The Labute approximate surface area is 235 Å². The van der Waals surface area contributed by atoms with Crippen LogP contribution >= 0.6 is 22.9 Å². The zero-order valence-corrected chi connectivity index (χ0v) is 23.7. The molecule has 1 fully saturated rings. The monoisotopic (exact) mass is 567 g/mol. The van der Waals surface area contributed by atoms with Crippen molar-refractivity contribution in [2.24, 2.45) is 7.05 Å². The third kappa shape index (κ3) is 6.69. The number of nitrogens with one attached hydrogen (secondary N) is 1. The first-order valence-electron chi connectivity index (χ1n) is 12.6. The molecular weight excluding hydrogens is 537 g/mol. The molecule has 39 heavy (non-hydrogen) atoms. The van der Waals surface area contributed by atoms with Crippen LogP contribution in [0.3, 0.4) is 0 Å². The van der Waals surface area contributed by atoms with E-state index in [4.69, 9.17) is 4.98 Å². The Balaban J connectivity index is 0.000000385. The number of hydrogen-bond donors (Lipinski definition) is 1. The number of halogens is 2. The van der Waals surface area contributed by atoms with E-state index in [0.717, 1.165) is 54.0 Å². The largest absolute Gasteiger partial charge is 0.356 e. The quantitative estimate of drug-likeness (QED) is 0.202. The van der Waals surface area contributed by atoms with Gasteiger partial charge in [-0.2, -0.15) is 5.10 Å². The second-order valence-corrected chi connectivity index (χ2v) is 10.2. The lowest BCUT2D eigenvalue weighted by molar-refractivity contribution is -0.110. The maximum atomic E-state index is 14.8. The summed E-state index contributed by atoms with van der Waals surface area (Å²) in [6.07, 6.45) is 11.3. The summed E-state index contributed by atoms with van der Waals surface area (Å²) in [5.41, 5.74) is 3.58. The minimum absolute atomic E-state index is 0.0878. The van der Waals surface area contributed by atoms with Crippen molar-refractivity contribution in [1.29, 1.82) is 0 Å². The smallest absolute Gasteiger partial charge is 0.207 e. The molecule has 8 nitrogen and oxygen atoms in total. The van der Waals surface area contributed by atoms with Gasteiger partial charge in [0.05, 0.1) is 28.0 Å². The van der Waals surface area contributed by atoms with Crippen molar-refractivity contribution in [3.8, 4) is 22.8 Å². The van der Waals surface area contributed by atoms with Crippen LogP contribution in [-0.4, -0.2) is 48.1 Å². The molecule has 204 valence electrons. The number of thiazole rings is 1. The highest BCUT2D eigenvalue weighted by atomic mass is 35.5. The Morgan fingerprint density at radius 2 is 1.97 bits per heavy atom. The van der Waals surface area contributed by atoms with Gasteiger partial charge in [0.1, 0.15) is 22.9 Å². The Kier molecular flexibility index (Phi) is 9.78. The van der Waals surface area contributed by atoms with Crippen molar-refractivity contribution in [3.63, 3.8) is 0 Å². The van der Waals surface area contributed by atoms with Gasteiger partial charge in [-0.3, -0.25) is 19.4 Å². The Bertz CT molecular complexity index is 1500. The molecular formula is C28H31ClFN7OS. The molecule has 0 aliphatic heterocycles. The second-order valence-electron chi connectivity index (χ2n) is 9.07. The molecule has 1 aromatic carbocycles. The number of rotatable bonds is 5. The number of carbonyl (C=O) groups is 1. The van der Waals surface area contributed by atoms with E-state index < -0.39 is 0 Å². The summed E-state index contributed by atoms with van der Waals surface area (Å²) in [6, 6.07) is 10.8. The normalized spacial score (nSPS) is 16.5. The van der Waals surface area contributed by atoms with Crippen molar-refractivity contribution in [3.05, 3.63) is 71.2 Å². The van der Waals surface area contributed by atoms with Gasteiger partial charge in [0, 0.05) is 43.3 Å². The number of pyridine rings is 1. The van der Waals surface area contributed by atoms with E-state index >= 15 is 0 Å². The first-order chi connectivity index (χ1) is 19.0.